The van der Waals surface area contributed by atoms with Gasteiger partial charge in [-0.15, -0.1) is 0 Å². The maximum absolute atomic E-state index is 12.5. The highest BCUT2D eigenvalue weighted by Gasteiger charge is 2.23. The van der Waals surface area contributed by atoms with Gasteiger partial charge in [-0.3, -0.25) is 14.4 Å². The summed E-state index contributed by atoms with van der Waals surface area (Å²) in [4.78, 5) is 37.0. The zero-order chi connectivity index (χ0) is 26.4. The fraction of sp³-hybridized carbons (Fsp3) is 0.893. The van der Waals surface area contributed by atoms with Crippen molar-refractivity contribution >= 4 is 17.8 Å². The smallest absolute Gasteiger partial charge is 0.306 e. The number of nitrogens with one attached hydrogen (secondary N) is 2. The number of esters is 1. The molecular formula is C28H54N2O5. The van der Waals surface area contributed by atoms with Gasteiger partial charge in [0.25, 0.3) is 0 Å². The van der Waals surface area contributed by atoms with Crippen molar-refractivity contribution in [2.75, 3.05) is 20.3 Å². The molecule has 0 aromatic heterocycles. The van der Waals surface area contributed by atoms with E-state index in [9.17, 15) is 14.4 Å². The van der Waals surface area contributed by atoms with Gasteiger partial charge >= 0.3 is 5.97 Å². The third-order valence-electron chi connectivity index (χ3n) is 5.82. The maximum atomic E-state index is 12.5. The lowest BCUT2D eigenvalue weighted by Crippen LogP contribution is -2.47. The van der Waals surface area contributed by atoms with Gasteiger partial charge in [0.15, 0.2) is 0 Å². The van der Waals surface area contributed by atoms with Crippen molar-refractivity contribution in [2.24, 2.45) is 0 Å². The molecule has 0 aliphatic carbocycles. The summed E-state index contributed by atoms with van der Waals surface area (Å²) in [7, 11) is 1.56. The first-order valence-electron chi connectivity index (χ1n) is 14.0. The molecule has 2 N–H and O–H groups in total. The van der Waals surface area contributed by atoms with E-state index in [-0.39, 0.29) is 30.6 Å². The van der Waals surface area contributed by atoms with Gasteiger partial charge in [0.05, 0.1) is 6.61 Å². The predicted octanol–water partition coefficient (Wildman–Crippen LogP) is 5.84. The first-order valence-corrected chi connectivity index (χ1v) is 14.0. The van der Waals surface area contributed by atoms with Crippen LogP contribution in [0.25, 0.3) is 0 Å². The monoisotopic (exact) mass is 498 g/mol. The van der Waals surface area contributed by atoms with Crippen LogP contribution in [0.4, 0.5) is 0 Å². The van der Waals surface area contributed by atoms with Gasteiger partial charge < -0.3 is 20.1 Å². The Balaban J connectivity index is 4.11. The van der Waals surface area contributed by atoms with Crippen LogP contribution in [0.1, 0.15) is 130 Å². The molecule has 1 atom stereocenters. The number of ether oxygens (including phenoxy) is 2. The fourth-order valence-electron chi connectivity index (χ4n) is 3.89. The van der Waals surface area contributed by atoms with Crippen molar-refractivity contribution in [3.05, 3.63) is 0 Å². The summed E-state index contributed by atoms with van der Waals surface area (Å²) >= 11 is 0. The Kier molecular flexibility index (Phi) is 20.6. The lowest BCUT2D eigenvalue weighted by molar-refractivity contribution is -0.155. The van der Waals surface area contributed by atoms with E-state index in [1.54, 1.807) is 27.9 Å². The molecule has 0 bridgehead atoms. The van der Waals surface area contributed by atoms with Gasteiger partial charge in [-0.2, -0.15) is 0 Å². The first kappa shape index (κ1) is 33.4. The summed E-state index contributed by atoms with van der Waals surface area (Å²) in [5.74, 6) is -0.827. The second kappa shape index (κ2) is 21.6. The van der Waals surface area contributed by atoms with Gasteiger partial charge in [0.1, 0.15) is 11.6 Å². The van der Waals surface area contributed by atoms with Crippen LogP contribution in [0.15, 0.2) is 0 Å². The minimum absolute atomic E-state index is 0.0681. The van der Waals surface area contributed by atoms with Gasteiger partial charge in [0, 0.05) is 26.5 Å². The van der Waals surface area contributed by atoms with Crippen molar-refractivity contribution in [2.45, 2.75) is 142 Å². The standard InChI is InChI=1S/C28H54N2O5/c1-6-7-8-9-10-11-12-13-14-15-16-17-18-19-25(31)30-24(27(33)29-22-23-34-5)20-21-26(32)35-28(2,3)4/h24H,6-23H2,1-5H3,(H,29,33)(H,30,31)/t24-/m0/s1. The molecule has 0 radical (unpaired) electrons. The maximum Gasteiger partial charge on any atom is 0.306 e. The second-order valence-corrected chi connectivity index (χ2v) is 10.5. The van der Waals surface area contributed by atoms with E-state index in [4.69, 9.17) is 9.47 Å². The number of hydrogen-bond donors (Lipinski definition) is 2. The fourth-order valence-corrected chi connectivity index (χ4v) is 3.89. The van der Waals surface area contributed by atoms with Crippen molar-refractivity contribution < 1.29 is 23.9 Å². The Morgan fingerprint density at radius 3 is 1.77 bits per heavy atom. The normalized spacial score (nSPS) is 12.3. The summed E-state index contributed by atoms with van der Waals surface area (Å²) in [5, 5.41) is 5.55. The molecule has 0 saturated carbocycles. The zero-order valence-electron chi connectivity index (χ0n) is 23.3. The summed E-state index contributed by atoms with van der Waals surface area (Å²) in [6.45, 7) is 8.40. The minimum Gasteiger partial charge on any atom is -0.460 e. The molecule has 0 unspecified atom stereocenters. The number of unbranched alkanes of at least 4 members (excludes halogenated alkanes) is 12. The molecular weight excluding hydrogens is 444 g/mol. The highest BCUT2D eigenvalue weighted by Crippen LogP contribution is 2.13. The summed E-state index contributed by atoms with van der Waals surface area (Å²) in [5.41, 5.74) is -0.579. The van der Waals surface area contributed by atoms with E-state index >= 15 is 0 Å². The van der Waals surface area contributed by atoms with Crippen LogP contribution in [-0.4, -0.2) is 49.7 Å². The average molecular weight is 499 g/mol. The van der Waals surface area contributed by atoms with Gasteiger partial charge in [-0.25, -0.2) is 0 Å². The molecule has 2 amide bonds. The molecule has 0 rings (SSSR count). The van der Waals surface area contributed by atoms with E-state index in [1.807, 2.05) is 0 Å². The molecule has 35 heavy (non-hydrogen) atoms. The van der Waals surface area contributed by atoms with Crippen LogP contribution in [0, 0.1) is 0 Å². The van der Waals surface area contributed by atoms with E-state index in [0.717, 1.165) is 19.3 Å². The predicted molar refractivity (Wildman–Crippen MR) is 142 cm³/mol. The third kappa shape index (κ3) is 22.6. The first-order chi connectivity index (χ1) is 16.7. The summed E-state index contributed by atoms with van der Waals surface area (Å²) < 4.78 is 10.3. The Bertz CT molecular complexity index is 560. The molecule has 0 spiro atoms. The molecule has 206 valence electrons. The molecule has 0 aromatic carbocycles. The number of rotatable bonds is 22. The molecule has 7 heteroatoms. The number of carbonyl (C=O) groups excluding carboxylic acids is 3. The topological polar surface area (TPSA) is 93.7 Å². The Labute approximate surface area is 214 Å². The number of carbonyl (C=O) groups is 3. The Morgan fingerprint density at radius 2 is 1.29 bits per heavy atom. The van der Waals surface area contributed by atoms with Crippen LogP contribution in [0.5, 0.6) is 0 Å². The highest BCUT2D eigenvalue weighted by molar-refractivity contribution is 5.88. The van der Waals surface area contributed by atoms with Crippen molar-refractivity contribution in [3.63, 3.8) is 0 Å². The van der Waals surface area contributed by atoms with Gasteiger partial charge in [0.2, 0.25) is 11.8 Å². The Hall–Kier alpha value is -1.63. The van der Waals surface area contributed by atoms with E-state index < -0.39 is 11.6 Å². The van der Waals surface area contributed by atoms with Gasteiger partial charge in [-0.1, -0.05) is 84.0 Å². The van der Waals surface area contributed by atoms with Crippen molar-refractivity contribution in [1.29, 1.82) is 0 Å². The molecule has 0 aliphatic rings. The molecule has 7 nitrogen and oxygen atoms in total. The molecule has 0 aromatic rings. The minimum atomic E-state index is -0.756. The lowest BCUT2D eigenvalue weighted by atomic mass is 10.0. The van der Waals surface area contributed by atoms with E-state index in [1.165, 1.54) is 64.2 Å². The SMILES string of the molecule is CCCCCCCCCCCCCCCC(=O)N[C@@H](CCC(=O)OC(C)(C)C)C(=O)NCCOC. The zero-order valence-corrected chi connectivity index (χ0v) is 23.3. The highest BCUT2D eigenvalue weighted by atomic mass is 16.6. The van der Waals surface area contributed by atoms with Crippen LogP contribution in [0.3, 0.4) is 0 Å². The van der Waals surface area contributed by atoms with Crippen LogP contribution in [0.2, 0.25) is 0 Å². The Morgan fingerprint density at radius 1 is 0.771 bits per heavy atom. The second-order valence-electron chi connectivity index (χ2n) is 10.5. The number of amides is 2. The quantitative estimate of drug-likeness (QED) is 0.144. The van der Waals surface area contributed by atoms with Crippen molar-refractivity contribution in [3.8, 4) is 0 Å². The molecule has 0 aliphatic heterocycles. The molecule has 0 fully saturated rings. The molecule has 0 saturated heterocycles. The largest absolute Gasteiger partial charge is 0.460 e. The van der Waals surface area contributed by atoms with Crippen LogP contribution in [-0.2, 0) is 23.9 Å². The van der Waals surface area contributed by atoms with E-state index in [2.05, 4.69) is 17.6 Å². The van der Waals surface area contributed by atoms with Crippen LogP contribution >= 0.6 is 0 Å². The van der Waals surface area contributed by atoms with Gasteiger partial charge in [-0.05, 0) is 33.6 Å². The number of hydrogen-bond acceptors (Lipinski definition) is 5. The van der Waals surface area contributed by atoms with Crippen LogP contribution < -0.4 is 10.6 Å². The van der Waals surface area contributed by atoms with Crippen molar-refractivity contribution in [1.82, 2.24) is 10.6 Å². The summed E-state index contributed by atoms with van der Waals surface area (Å²) in [6.07, 6.45) is 17.0. The third-order valence-corrected chi connectivity index (χ3v) is 5.82. The lowest BCUT2D eigenvalue weighted by Gasteiger charge is -2.21. The molecule has 0 heterocycles. The van der Waals surface area contributed by atoms with E-state index in [0.29, 0.717) is 19.6 Å². The summed E-state index contributed by atoms with van der Waals surface area (Å²) in [6, 6.07) is -0.756. The number of methoxy groups -OCH3 is 1. The average Bonchev–Trinajstić information content (AvgIpc) is 2.78.